The van der Waals surface area contributed by atoms with Crippen molar-refractivity contribution in [1.29, 1.82) is 0 Å². The highest BCUT2D eigenvalue weighted by molar-refractivity contribution is 7.91. The van der Waals surface area contributed by atoms with Gasteiger partial charge in [-0.25, -0.2) is 21.6 Å². The van der Waals surface area contributed by atoms with Crippen LogP contribution in [-0.4, -0.2) is 65.2 Å². The molecular weight excluding hydrogens is 288 g/mol. The van der Waals surface area contributed by atoms with Crippen LogP contribution in [0.5, 0.6) is 0 Å². The average Bonchev–Trinajstić information content (AvgIpc) is 2.62. The molecule has 0 spiro atoms. The largest absolute Gasteiger partial charge is 0.299 e. The van der Waals surface area contributed by atoms with Crippen LogP contribution in [0.4, 0.5) is 0 Å². The molecule has 1 aliphatic rings. The number of nitrogens with one attached hydrogen (secondary N) is 1. The first-order valence-corrected chi connectivity index (χ1v) is 10.3. The summed E-state index contributed by atoms with van der Waals surface area (Å²) in [6.45, 7) is 4.05. The van der Waals surface area contributed by atoms with E-state index in [0.29, 0.717) is 19.4 Å². The molecule has 1 heterocycles. The van der Waals surface area contributed by atoms with E-state index in [4.69, 9.17) is 0 Å². The van der Waals surface area contributed by atoms with Gasteiger partial charge in [0.05, 0.1) is 17.8 Å². The fourth-order valence-electron chi connectivity index (χ4n) is 2.37. The molecule has 1 N–H and O–H groups in total. The number of sulfonamides is 1. The van der Waals surface area contributed by atoms with Crippen molar-refractivity contribution in [3.05, 3.63) is 0 Å². The van der Waals surface area contributed by atoms with Gasteiger partial charge in [-0.3, -0.25) is 4.90 Å². The van der Waals surface area contributed by atoms with Gasteiger partial charge >= 0.3 is 0 Å². The Morgan fingerprint density at radius 3 is 2.47 bits per heavy atom. The van der Waals surface area contributed by atoms with E-state index in [1.54, 1.807) is 0 Å². The number of nitrogens with zero attached hydrogens (tertiary/aromatic N) is 1. The second kappa shape index (κ2) is 7.01. The van der Waals surface area contributed by atoms with Gasteiger partial charge in [-0.05, 0) is 32.4 Å². The van der Waals surface area contributed by atoms with Crippen molar-refractivity contribution in [3.63, 3.8) is 0 Å². The van der Waals surface area contributed by atoms with Gasteiger partial charge in [-0.15, -0.1) is 0 Å². The first-order valence-electron chi connectivity index (χ1n) is 6.62. The lowest BCUT2D eigenvalue weighted by Crippen LogP contribution is -2.38. The minimum atomic E-state index is -3.14. The average molecular weight is 312 g/mol. The van der Waals surface area contributed by atoms with Crippen LogP contribution in [0.2, 0.25) is 0 Å². The maximum Gasteiger partial charge on any atom is 0.208 e. The van der Waals surface area contributed by atoms with E-state index in [-0.39, 0.29) is 17.5 Å². The molecule has 6 nitrogen and oxygen atoms in total. The van der Waals surface area contributed by atoms with E-state index < -0.39 is 19.9 Å². The molecule has 1 fully saturated rings. The van der Waals surface area contributed by atoms with Crippen LogP contribution in [0.1, 0.15) is 26.2 Å². The topological polar surface area (TPSA) is 83.6 Å². The Labute approximate surface area is 116 Å². The highest BCUT2D eigenvalue weighted by Crippen LogP contribution is 2.18. The van der Waals surface area contributed by atoms with Gasteiger partial charge in [0, 0.05) is 12.6 Å². The molecule has 0 aromatic carbocycles. The summed E-state index contributed by atoms with van der Waals surface area (Å²) in [7, 11) is -6.00. The second-order valence-corrected chi connectivity index (χ2v) is 9.17. The minimum Gasteiger partial charge on any atom is -0.299 e. The van der Waals surface area contributed by atoms with Crippen LogP contribution in [0, 0.1) is 0 Å². The first-order chi connectivity index (χ1) is 8.73. The van der Waals surface area contributed by atoms with Crippen molar-refractivity contribution in [1.82, 2.24) is 9.62 Å². The summed E-state index contributed by atoms with van der Waals surface area (Å²) in [4.78, 5) is 2.18. The molecule has 1 rings (SSSR count). The molecule has 1 saturated heterocycles. The van der Waals surface area contributed by atoms with Crippen LogP contribution in [0.3, 0.4) is 0 Å². The third-order valence-electron chi connectivity index (χ3n) is 3.22. The van der Waals surface area contributed by atoms with Gasteiger partial charge in [0.1, 0.15) is 0 Å². The molecule has 0 bridgehead atoms. The lowest BCUT2D eigenvalue weighted by atomic mass is 10.2. The minimum absolute atomic E-state index is 0.100. The van der Waals surface area contributed by atoms with Crippen molar-refractivity contribution in [2.45, 2.75) is 32.2 Å². The highest BCUT2D eigenvalue weighted by Gasteiger charge is 2.31. The molecule has 19 heavy (non-hydrogen) atoms. The monoisotopic (exact) mass is 312 g/mol. The summed E-state index contributed by atoms with van der Waals surface area (Å²) >= 11 is 0. The number of hydrogen-bond acceptors (Lipinski definition) is 5. The Balaban J connectivity index is 2.41. The summed E-state index contributed by atoms with van der Waals surface area (Å²) in [6.07, 6.45) is 3.50. The van der Waals surface area contributed by atoms with Gasteiger partial charge in [0.2, 0.25) is 10.0 Å². The van der Waals surface area contributed by atoms with Crippen LogP contribution in [-0.2, 0) is 19.9 Å². The summed E-state index contributed by atoms with van der Waals surface area (Å²) in [5.41, 5.74) is 0. The summed E-state index contributed by atoms with van der Waals surface area (Å²) in [5.74, 6) is 0.520. The zero-order valence-corrected chi connectivity index (χ0v) is 13.3. The standard InChI is InChI=1S/C11H24N2O4S2/c1-3-7-13(8-4-6-12-18(2,14)15)11-5-9-19(16,17)10-11/h11-12H,3-10H2,1-2H3. The Morgan fingerprint density at radius 2 is 2.00 bits per heavy atom. The Bertz CT molecular complexity index is 473. The van der Waals surface area contributed by atoms with Crippen LogP contribution < -0.4 is 4.72 Å². The van der Waals surface area contributed by atoms with E-state index in [0.717, 1.165) is 25.8 Å². The van der Waals surface area contributed by atoms with Crippen LogP contribution in [0.25, 0.3) is 0 Å². The van der Waals surface area contributed by atoms with Crippen molar-refractivity contribution >= 4 is 19.9 Å². The maximum absolute atomic E-state index is 11.5. The fourth-order valence-corrected chi connectivity index (χ4v) is 4.64. The molecule has 0 aliphatic carbocycles. The van der Waals surface area contributed by atoms with Gasteiger partial charge < -0.3 is 0 Å². The fraction of sp³-hybridized carbons (Fsp3) is 1.00. The first kappa shape index (κ1) is 16.9. The summed E-state index contributed by atoms with van der Waals surface area (Å²) < 4.78 is 47.3. The highest BCUT2D eigenvalue weighted by atomic mass is 32.2. The smallest absolute Gasteiger partial charge is 0.208 e. The predicted octanol–water partition coefficient (Wildman–Crippen LogP) is -0.175. The number of hydrogen-bond donors (Lipinski definition) is 1. The van der Waals surface area contributed by atoms with E-state index in [2.05, 4.69) is 16.5 Å². The summed E-state index contributed by atoms with van der Waals surface area (Å²) in [5, 5.41) is 0. The Hall–Kier alpha value is -0.180. The molecule has 0 amide bonds. The zero-order chi connectivity index (χ0) is 14.5. The van der Waals surface area contributed by atoms with Gasteiger partial charge in [0.25, 0.3) is 0 Å². The SMILES string of the molecule is CCCN(CCCNS(C)(=O)=O)C1CCS(=O)(=O)C1. The van der Waals surface area contributed by atoms with Crippen molar-refractivity contribution < 1.29 is 16.8 Å². The Morgan fingerprint density at radius 1 is 1.32 bits per heavy atom. The second-order valence-electron chi connectivity index (χ2n) is 5.11. The summed E-state index contributed by atoms with van der Waals surface area (Å²) in [6, 6.07) is 0.100. The normalized spacial score (nSPS) is 23.0. The molecule has 0 aromatic rings. The lowest BCUT2D eigenvalue weighted by molar-refractivity contribution is 0.210. The van der Waals surface area contributed by atoms with Crippen molar-refractivity contribution in [2.75, 3.05) is 37.4 Å². The Kier molecular flexibility index (Phi) is 6.22. The number of sulfone groups is 1. The van der Waals surface area contributed by atoms with Gasteiger partial charge in [-0.1, -0.05) is 6.92 Å². The van der Waals surface area contributed by atoms with E-state index in [1.807, 2.05) is 0 Å². The van der Waals surface area contributed by atoms with Gasteiger partial charge in [0.15, 0.2) is 9.84 Å². The predicted molar refractivity (Wildman–Crippen MR) is 76.4 cm³/mol. The van der Waals surface area contributed by atoms with E-state index in [1.165, 1.54) is 0 Å². The molecule has 1 unspecified atom stereocenters. The molecule has 1 atom stereocenters. The van der Waals surface area contributed by atoms with E-state index in [9.17, 15) is 16.8 Å². The third-order valence-corrected chi connectivity index (χ3v) is 5.70. The number of rotatable bonds is 8. The maximum atomic E-state index is 11.5. The molecule has 0 aromatic heterocycles. The lowest BCUT2D eigenvalue weighted by Gasteiger charge is -2.27. The van der Waals surface area contributed by atoms with Gasteiger partial charge in [-0.2, -0.15) is 0 Å². The van der Waals surface area contributed by atoms with Crippen LogP contribution in [0.15, 0.2) is 0 Å². The third kappa shape index (κ3) is 6.69. The molecular formula is C11H24N2O4S2. The molecule has 114 valence electrons. The molecule has 8 heteroatoms. The van der Waals surface area contributed by atoms with Crippen LogP contribution >= 0.6 is 0 Å². The molecule has 0 radical (unpaired) electrons. The zero-order valence-electron chi connectivity index (χ0n) is 11.6. The van der Waals surface area contributed by atoms with E-state index >= 15 is 0 Å². The molecule has 1 aliphatic heterocycles. The van der Waals surface area contributed by atoms with Crippen molar-refractivity contribution in [2.24, 2.45) is 0 Å². The quantitative estimate of drug-likeness (QED) is 0.629. The van der Waals surface area contributed by atoms with Crippen molar-refractivity contribution in [3.8, 4) is 0 Å². The molecule has 0 saturated carbocycles.